The van der Waals surface area contributed by atoms with E-state index < -0.39 is 0 Å². The Morgan fingerprint density at radius 1 is 1.06 bits per heavy atom. The summed E-state index contributed by atoms with van der Waals surface area (Å²) >= 11 is 0. The zero-order valence-electron chi connectivity index (χ0n) is 11.4. The summed E-state index contributed by atoms with van der Waals surface area (Å²) in [6, 6.07) is 0. The summed E-state index contributed by atoms with van der Waals surface area (Å²) in [6.07, 6.45) is 4.21. The highest BCUT2D eigenvalue weighted by Crippen LogP contribution is 2.38. The lowest BCUT2D eigenvalue weighted by Gasteiger charge is -2.32. The minimum Gasteiger partial charge on any atom is -0.403 e. The first-order chi connectivity index (χ1) is 7.74. The molecular weight excluding hydrogens is 217 g/mol. The van der Waals surface area contributed by atoms with E-state index >= 15 is 0 Å². The zero-order chi connectivity index (χ0) is 13.1. The molecule has 98 valence electrons. The van der Waals surface area contributed by atoms with Crippen molar-refractivity contribution in [2.75, 3.05) is 0 Å². The van der Waals surface area contributed by atoms with Gasteiger partial charge >= 0.3 is 7.12 Å². The summed E-state index contributed by atoms with van der Waals surface area (Å²) in [5, 5.41) is 0. The number of nitrogens with two attached hydrogens (primary N) is 1. The molecule has 0 spiro atoms. The van der Waals surface area contributed by atoms with Crippen molar-refractivity contribution in [1.82, 2.24) is 0 Å². The topological polar surface area (TPSA) is 61.5 Å². The zero-order valence-corrected chi connectivity index (χ0v) is 11.4. The van der Waals surface area contributed by atoms with Gasteiger partial charge < -0.3 is 15.0 Å². The largest absolute Gasteiger partial charge is 0.457 e. The molecule has 1 amide bonds. The average molecular weight is 241 g/mol. The Balaban J connectivity index is 2.20. The second kappa shape index (κ2) is 5.40. The highest BCUT2D eigenvalue weighted by atomic mass is 16.7. The van der Waals surface area contributed by atoms with Gasteiger partial charge in [-0.2, -0.15) is 0 Å². The summed E-state index contributed by atoms with van der Waals surface area (Å²) < 4.78 is 11.8. The maximum Gasteiger partial charge on any atom is 0.457 e. The number of amides is 1. The molecule has 0 aliphatic carbocycles. The smallest absolute Gasteiger partial charge is 0.403 e. The van der Waals surface area contributed by atoms with E-state index in [0.29, 0.717) is 6.42 Å². The third-order valence-electron chi connectivity index (χ3n) is 3.67. The van der Waals surface area contributed by atoms with Gasteiger partial charge in [-0.25, -0.2) is 0 Å². The van der Waals surface area contributed by atoms with Crippen LogP contribution in [-0.2, 0) is 14.1 Å². The molecule has 1 aliphatic heterocycles. The van der Waals surface area contributed by atoms with Gasteiger partial charge in [0.15, 0.2) is 0 Å². The molecule has 1 heterocycles. The van der Waals surface area contributed by atoms with Crippen molar-refractivity contribution in [3.63, 3.8) is 0 Å². The first-order valence-corrected chi connectivity index (χ1v) is 6.38. The normalized spacial score (nSPS) is 21.8. The van der Waals surface area contributed by atoms with Crippen LogP contribution in [0.3, 0.4) is 0 Å². The van der Waals surface area contributed by atoms with Crippen molar-refractivity contribution in [3.8, 4) is 0 Å². The molecular formula is C12H24BNO3. The van der Waals surface area contributed by atoms with E-state index in [1.54, 1.807) is 0 Å². The van der Waals surface area contributed by atoms with Crippen LogP contribution < -0.4 is 5.73 Å². The summed E-state index contributed by atoms with van der Waals surface area (Å²) in [5.41, 5.74) is 4.59. The number of carbonyl (C=O) groups excluding carboxylic acids is 1. The number of carbonyl (C=O) groups is 1. The molecule has 17 heavy (non-hydrogen) atoms. The number of primary amides is 1. The molecule has 0 radical (unpaired) electrons. The van der Waals surface area contributed by atoms with Crippen molar-refractivity contribution in [3.05, 3.63) is 0 Å². The molecule has 4 nitrogen and oxygen atoms in total. The molecule has 0 aromatic heterocycles. The summed E-state index contributed by atoms with van der Waals surface area (Å²) in [5.74, 6) is -0.222. The standard InChI is InChI=1S/C12H24BNO3/c1-11(2)12(3,4)17-13(16-11)9-7-5-6-8-10(14)15/h5-9H2,1-4H3,(H2,14,15). The van der Waals surface area contributed by atoms with Gasteiger partial charge in [-0.15, -0.1) is 0 Å². The Kier molecular flexibility index (Phi) is 4.61. The van der Waals surface area contributed by atoms with Crippen molar-refractivity contribution < 1.29 is 14.1 Å². The molecule has 1 rings (SSSR count). The first kappa shape index (κ1) is 14.5. The Labute approximate surface area is 104 Å². The monoisotopic (exact) mass is 241 g/mol. The van der Waals surface area contributed by atoms with E-state index in [9.17, 15) is 4.79 Å². The van der Waals surface area contributed by atoms with Crippen LogP contribution in [0.4, 0.5) is 0 Å². The van der Waals surface area contributed by atoms with Crippen molar-refractivity contribution in [1.29, 1.82) is 0 Å². The maximum atomic E-state index is 10.6. The molecule has 0 bridgehead atoms. The summed E-state index contributed by atoms with van der Waals surface area (Å²) in [4.78, 5) is 10.6. The number of hydrogen-bond acceptors (Lipinski definition) is 3. The molecule has 0 atom stereocenters. The molecule has 1 saturated heterocycles. The Morgan fingerprint density at radius 3 is 2.06 bits per heavy atom. The number of hydrogen-bond donors (Lipinski definition) is 1. The fourth-order valence-corrected chi connectivity index (χ4v) is 1.87. The summed E-state index contributed by atoms with van der Waals surface area (Å²) in [6.45, 7) is 8.22. The Morgan fingerprint density at radius 2 is 1.59 bits per heavy atom. The van der Waals surface area contributed by atoms with E-state index in [1.165, 1.54) is 0 Å². The van der Waals surface area contributed by atoms with Crippen LogP contribution >= 0.6 is 0 Å². The first-order valence-electron chi connectivity index (χ1n) is 6.38. The third kappa shape index (κ3) is 4.00. The fourth-order valence-electron chi connectivity index (χ4n) is 1.87. The third-order valence-corrected chi connectivity index (χ3v) is 3.67. The van der Waals surface area contributed by atoms with E-state index in [1.807, 2.05) is 0 Å². The van der Waals surface area contributed by atoms with Gasteiger partial charge in [0, 0.05) is 6.42 Å². The average Bonchev–Trinajstić information content (AvgIpc) is 2.34. The molecule has 0 aromatic carbocycles. The molecule has 0 unspecified atom stereocenters. The van der Waals surface area contributed by atoms with Gasteiger partial charge in [0.2, 0.25) is 5.91 Å². The van der Waals surface area contributed by atoms with Gasteiger partial charge in [-0.1, -0.05) is 12.8 Å². The predicted octanol–water partition coefficient (Wildman–Crippen LogP) is 2.12. The molecule has 2 N–H and O–H groups in total. The van der Waals surface area contributed by atoms with Crippen LogP contribution in [0.25, 0.3) is 0 Å². The van der Waals surface area contributed by atoms with E-state index in [2.05, 4.69) is 27.7 Å². The van der Waals surface area contributed by atoms with Crippen LogP contribution in [0.15, 0.2) is 0 Å². The lowest BCUT2D eigenvalue weighted by Crippen LogP contribution is -2.41. The second-order valence-corrected chi connectivity index (χ2v) is 5.75. The van der Waals surface area contributed by atoms with Gasteiger partial charge in [-0.05, 0) is 40.4 Å². The van der Waals surface area contributed by atoms with E-state index in [4.69, 9.17) is 15.0 Å². The summed E-state index contributed by atoms with van der Waals surface area (Å²) in [7, 11) is -0.117. The minimum atomic E-state index is -0.245. The van der Waals surface area contributed by atoms with E-state index in [-0.39, 0.29) is 24.2 Å². The molecule has 1 aliphatic rings. The number of rotatable bonds is 6. The van der Waals surface area contributed by atoms with Gasteiger partial charge in [0.05, 0.1) is 11.2 Å². The van der Waals surface area contributed by atoms with Gasteiger partial charge in [0.1, 0.15) is 0 Å². The van der Waals surface area contributed by atoms with Gasteiger partial charge in [-0.3, -0.25) is 4.79 Å². The highest BCUT2D eigenvalue weighted by molar-refractivity contribution is 6.45. The van der Waals surface area contributed by atoms with Gasteiger partial charge in [0.25, 0.3) is 0 Å². The maximum absolute atomic E-state index is 10.6. The molecule has 5 heteroatoms. The van der Waals surface area contributed by atoms with Crippen LogP contribution in [0.1, 0.15) is 53.4 Å². The van der Waals surface area contributed by atoms with E-state index in [0.717, 1.165) is 25.6 Å². The lowest BCUT2D eigenvalue weighted by atomic mass is 9.82. The number of unbranched alkanes of at least 4 members (excludes halogenated alkanes) is 2. The second-order valence-electron chi connectivity index (χ2n) is 5.75. The molecule has 0 saturated carbocycles. The van der Waals surface area contributed by atoms with Crippen LogP contribution in [0, 0.1) is 0 Å². The molecule has 1 fully saturated rings. The fraction of sp³-hybridized carbons (Fsp3) is 0.917. The molecule has 0 aromatic rings. The van der Waals surface area contributed by atoms with Crippen molar-refractivity contribution >= 4 is 13.0 Å². The Bertz CT molecular complexity index is 263. The predicted molar refractivity (Wildman–Crippen MR) is 68.6 cm³/mol. The van der Waals surface area contributed by atoms with Crippen LogP contribution in [0.5, 0.6) is 0 Å². The highest BCUT2D eigenvalue weighted by Gasteiger charge is 2.50. The quantitative estimate of drug-likeness (QED) is 0.572. The minimum absolute atomic E-state index is 0.117. The SMILES string of the molecule is CC1(C)OB(CCCCCC(N)=O)OC1(C)C. The van der Waals surface area contributed by atoms with Crippen LogP contribution in [0.2, 0.25) is 6.32 Å². The van der Waals surface area contributed by atoms with Crippen molar-refractivity contribution in [2.45, 2.75) is 70.9 Å². The van der Waals surface area contributed by atoms with Crippen molar-refractivity contribution in [2.24, 2.45) is 5.73 Å². The van der Waals surface area contributed by atoms with Crippen LogP contribution in [-0.4, -0.2) is 24.2 Å². The lowest BCUT2D eigenvalue weighted by molar-refractivity contribution is -0.118. The Hall–Kier alpha value is -0.545.